The smallest absolute Gasteiger partial charge is 0.238 e. The molecule has 5 rings (SSSR count). The number of rotatable bonds is 2. The molecule has 122 valence electrons. The third-order valence-corrected chi connectivity index (χ3v) is 5.33. The van der Waals surface area contributed by atoms with Crippen molar-refractivity contribution >= 4 is 11.8 Å². The van der Waals surface area contributed by atoms with Gasteiger partial charge in [-0.1, -0.05) is 48.5 Å². The van der Waals surface area contributed by atoms with Crippen molar-refractivity contribution in [3.8, 4) is 0 Å². The number of hydrogen-bond donors (Lipinski definition) is 4. The zero-order chi connectivity index (χ0) is 16.8. The minimum atomic E-state index is -0.589. The van der Waals surface area contributed by atoms with Crippen LogP contribution < -0.4 is 22.5 Å². The molecule has 0 fully saturated rings. The first-order chi connectivity index (χ1) is 11.7. The van der Waals surface area contributed by atoms with Gasteiger partial charge in [0.15, 0.2) is 0 Å². The van der Waals surface area contributed by atoms with Gasteiger partial charge in [0, 0.05) is 11.8 Å². The molecule has 2 atom stereocenters. The van der Waals surface area contributed by atoms with Gasteiger partial charge in [0.25, 0.3) is 0 Å². The van der Waals surface area contributed by atoms with Crippen LogP contribution >= 0.6 is 0 Å². The number of nitrogens with one attached hydrogen (secondary N) is 2. The summed E-state index contributed by atoms with van der Waals surface area (Å²) in [7, 11) is 0. The molecule has 0 aliphatic heterocycles. The molecular formula is C18H18N4O2. The molecule has 2 bridgehead atoms. The zero-order valence-electron chi connectivity index (χ0n) is 12.9. The molecule has 3 aliphatic rings. The maximum absolute atomic E-state index is 12.6. The van der Waals surface area contributed by atoms with Crippen molar-refractivity contribution in [2.75, 3.05) is 0 Å². The van der Waals surface area contributed by atoms with E-state index in [0.29, 0.717) is 0 Å². The van der Waals surface area contributed by atoms with Crippen molar-refractivity contribution in [3.05, 3.63) is 70.8 Å². The van der Waals surface area contributed by atoms with Gasteiger partial charge in [0.1, 0.15) is 0 Å². The van der Waals surface area contributed by atoms with Crippen LogP contribution in [0.15, 0.2) is 48.5 Å². The molecule has 2 aromatic carbocycles. The first kappa shape index (κ1) is 14.9. The van der Waals surface area contributed by atoms with Gasteiger partial charge in [-0.15, -0.1) is 0 Å². The van der Waals surface area contributed by atoms with Crippen LogP contribution in [0.25, 0.3) is 0 Å². The predicted octanol–water partition coefficient (Wildman–Crippen LogP) is 0.490. The van der Waals surface area contributed by atoms with Crippen molar-refractivity contribution in [1.29, 1.82) is 0 Å². The summed E-state index contributed by atoms with van der Waals surface area (Å²) < 4.78 is 0. The third kappa shape index (κ3) is 1.84. The van der Waals surface area contributed by atoms with Crippen LogP contribution in [-0.4, -0.2) is 11.8 Å². The normalized spacial score (nSPS) is 26.2. The molecule has 24 heavy (non-hydrogen) atoms. The predicted molar refractivity (Wildman–Crippen MR) is 88.2 cm³/mol. The van der Waals surface area contributed by atoms with Crippen molar-refractivity contribution in [3.63, 3.8) is 0 Å². The highest BCUT2D eigenvalue weighted by Gasteiger charge is 2.54. The molecule has 0 aromatic heterocycles. The number of carbonyl (C=O) groups excluding carboxylic acids is 2. The lowest BCUT2D eigenvalue weighted by atomic mass is 9.54. The lowest BCUT2D eigenvalue weighted by Crippen LogP contribution is -2.54. The largest absolute Gasteiger partial charge is 0.294 e. The average molecular weight is 322 g/mol. The monoisotopic (exact) mass is 322 g/mol. The van der Waals surface area contributed by atoms with Gasteiger partial charge < -0.3 is 0 Å². The highest BCUT2D eigenvalue weighted by molar-refractivity contribution is 5.92. The molecule has 3 aliphatic carbocycles. The maximum Gasteiger partial charge on any atom is 0.238 e. The molecule has 2 amide bonds. The van der Waals surface area contributed by atoms with E-state index < -0.39 is 11.8 Å². The molecule has 6 N–H and O–H groups in total. The minimum Gasteiger partial charge on any atom is -0.294 e. The van der Waals surface area contributed by atoms with E-state index in [1.807, 2.05) is 48.5 Å². The van der Waals surface area contributed by atoms with E-state index in [2.05, 4.69) is 10.9 Å². The number of hydrazine groups is 2. The Hall–Kier alpha value is -2.70. The zero-order valence-corrected chi connectivity index (χ0v) is 12.9. The Bertz CT molecular complexity index is 720. The van der Waals surface area contributed by atoms with Gasteiger partial charge in [-0.05, 0) is 22.3 Å². The Morgan fingerprint density at radius 1 is 0.667 bits per heavy atom. The van der Waals surface area contributed by atoms with Crippen LogP contribution in [-0.2, 0) is 9.59 Å². The molecular weight excluding hydrogens is 304 g/mol. The molecule has 6 heteroatoms. The van der Waals surface area contributed by atoms with E-state index in [1.54, 1.807) is 0 Å². The number of benzene rings is 2. The van der Waals surface area contributed by atoms with Gasteiger partial charge in [-0.25, -0.2) is 11.7 Å². The number of hydrogen-bond acceptors (Lipinski definition) is 4. The fourth-order valence-electron chi connectivity index (χ4n) is 4.50. The Morgan fingerprint density at radius 3 is 1.21 bits per heavy atom. The van der Waals surface area contributed by atoms with Crippen LogP contribution in [0.5, 0.6) is 0 Å². The Morgan fingerprint density at radius 2 is 0.958 bits per heavy atom. The molecule has 6 nitrogen and oxygen atoms in total. The van der Waals surface area contributed by atoms with Crippen LogP contribution in [0.3, 0.4) is 0 Å². The standard InChI is InChI=1S/C18H18N4O2/c19-21-17(23)15-13-9-5-1-2-6-10(9)14(16(15)18(24)22-20)12-8-4-3-7-11(12)13/h1-8,13-16H,19-20H2,(H,21,23)(H,22,24). The van der Waals surface area contributed by atoms with Crippen LogP contribution in [0.1, 0.15) is 34.1 Å². The first-order valence-electron chi connectivity index (χ1n) is 7.87. The average Bonchev–Trinajstić information content (AvgIpc) is 2.66. The summed E-state index contributed by atoms with van der Waals surface area (Å²) in [5, 5.41) is 0. The summed E-state index contributed by atoms with van der Waals surface area (Å²) >= 11 is 0. The van der Waals surface area contributed by atoms with Crippen molar-refractivity contribution in [2.24, 2.45) is 23.5 Å². The highest BCUT2D eigenvalue weighted by atomic mass is 16.2. The number of nitrogens with two attached hydrogens (primary N) is 2. The van der Waals surface area contributed by atoms with Gasteiger partial charge >= 0.3 is 0 Å². The van der Waals surface area contributed by atoms with Gasteiger partial charge in [-0.2, -0.15) is 0 Å². The Labute approximate surface area is 139 Å². The number of amides is 2. The summed E-state index contributed by atoms with van der Waals surface area (Å²) in [5.41, 5.74) is 8.78. The molecule has 0 saturated heterocycles. The highest BCUT2D eigenvalue weighted by Crippen LogP contribution is 2.58. The lowest BCUT2D eigenvalue weighted by molar-refractivity contribution is -0.137. The van der Waals surface area contributed by atoms with Gasteiger partial charge in [0.2, 0.25) is 11.8 Å². The SMILES string of the molecule is NNC(=O)C1C2c3ccccc3C(c3ccccc32)C1C(=O)NN. The van der Waals surface area contributed by atoms with Gasteiger partial charge in [0.05, 0.1) is 11.8 Å². The summed E-state index contributed by atoms with van der Waals surface area (Å²) in [6, 6.07) is 15.9. The van der Waals surface area contributed by atoms with Crippen molar-refractivity contribution in [2.45, 2.75) is 11.8 Å². The maximum atomic E-state index is 12.6. The fourth-order valence-corrected chi connectivity index (χ4v) is 4.50. The second-order valence-corrected chi connectivity index (χ2v) is 6.28. The fraction of sp³-hybridized carbons (Fsp3) is 0.222. The second kappa shape index (κ2) is 5.43. The van der Waals surface area contributed by atoms with E-state index in [9.17, 15) is 9.59 Å². The molecule has 0 spiro atoms. The molecule has 0 saturated carbocycles. The Kier molecular flexibility index (Phi) is 3.37. The molecule has 0 radical (unpaired) electrons. The summed E-state index contributed by atoms with van der Waals surface area (Å²) in [5.74, 6) is 8.53. The molecule has 0 heterocycles. The minimum absolute atomic E-state index is 0.215. The van der Waals surface area contributed by atoms with Gasteiger partial charge in [-0.3, -0.25) is 20.4 Å². The van der Waals surface area contributed by atoms with E-state index in [0.717, 1.165) is 22.3 Å². The van der Waals surface area contributed by atoms with Crippen LogP contribution in [0.4, 0.5) is 0 Å². The topological polar surface area (TPSA) is 110 Å². The number of carbonyl (C=O) groups is 2. The third-order valence-electron chi connectivity index (χ3n) is 5.33. The lowest BCUT2D eigenvalue weighted by Gasteiger charge is -2.48. The van der Waals surface area contributed by atoms with E-state index in [4.69, 9.17) is 11.7 Å². The second-order valence-electron chi connectivity index (χ2n) is 6.28. The number of fused-ring (bicyclic) bond motifs is 1. The van der Waals surface area contributed by atoms with Crippen molar-refractivity contribution in [1.82, 2.24) is 10.9 Å². The molecule has 2 aromatic rings. The van der Waals surface area contributed by atoms with Crippen molar-refractivity contribution < 1.29 is 9.59 Å². The quantitative estimate of drug-likeness (QED) is 0.366. The van der Waals surface area contributed by atoms with E-state index in [-0.39, 0.29) is 23.7 Å². The summed E-state index contributed by atoms with van der Waals surface area (Å²) in [4.78, 5) is 25.1. The molecule has 2 unspecified atom stereocenters. The Balaban J connectivity index is 2.02. The first-order valence-corrected chi connectivity index (χ1v) is 7.87. The van der Waals surface area contributed by atoms with E-state index >= 15 is 0 Å². The summed E-state index contributed by atoms with van der Waals surface area (Å²) in [6.45, 7) is 0. The summed E-state index contributed by atoms with van der Waals surface area (Å²) in [6.07, 6.45) is 0. The van der Waals surface area contributed by atoms with E-state index in [1.165, 1.54) is 0 Å². The van der Waals surface area contributed by atoms with Crippen LogP contribution in [0, 0.1) is 11.8 Å². The van der Waals surface area contributed by atoms with Crippen LogP contribution in [0.2, 0.25) is 0 Å².